The van der Waals surface area contributed by atoms with Crippen LogP contribution in [0.5, 0.6) is 0 Å². The van der Waals surface area contributed by atoms with Gasteiger partial charge in [-0.3, -0.25) is 0 Å². The SMILES string of the molecule is CCC(N)(CC)CNC1CC1C. The van der Waals surface area contributed by atoms with Gasteiger partial charge in [0.2, 0.25) is 0 Å². The molecule has 0 heterocycles. The first-order valence-electron chi connectivity index (χ1n) is 5.13. The van der Waals surface area contributed by atoms with Gasteiger partial charge in [-0.25, -0.2) is 0 Å². The van der Waals surface area contributed by atoms with E-state index in [1.807, 2.05) is 0 Å². The van der Waals surface area contributed by atoms with Gasteiger partial charge in [0.1, 0.15) is 0 Å². The average molecular weight is 170 g/mol. The molecule has 2 nitrogen and oxygen atoms in total. The molecule has 1 aliphatic rings. The van der Waals surface area contributed by atoms with Crippen molar-refractivity contribution in [3.05, 3.63) is 0 Å². The Labute approximate surface area is 75.9 Å². The van der Waals surface area contributed by atoms with Gasteiger partial charge in [0, 0.05) is 18.1 Å². The lowest BCUT2D eigenvalue weighted by Crippen LogP contribution is -2.48. The molecule has 0 spiro atoms. The van der Waals surface area contributed by atoms with E-state index in [9.17, 15) is 0 Å². The summed E-state index contributed by atoms with van der Waals surface area (Å²) in [5.74, 6) is 0.878. The van der Waals surface area contributed by atoms with Crippen LogP contribution in [0.15, 0.2) is 0 Å². The Hall–Kier alpha value is -0.0800. The summed E-state index contributed by atoms with van der Waals surface area (Å²) in [5.41, 5.74) is 6.19. The largest absolute Gasteiger partial charge is 0.324 e. The van der Waals surface area contributed by atoms with E-state index < -0.39 is 0 Å². The van der Waals surface area contributed by atoms with Gasteiger partial charge < -0.3 is 11.1 Å². The van der Waals surface area contributed by atoms with Crippen LogP contribution in [-0.2, 0) is 0 Å². The third-order valence-corrected chi connectivity index (χ3v) is 3.23. The fourth-order valence-electron chi connectivity index (χ4n) is 1.44. The van der Waals surface area contributed by atoms with E-state index in [0.717, 1.165) is 31.3 Å². The van der Waals surface area contributed by atoms with Crippen molar-refractivity contribution in [3.63, 3.8) is 0 Å². The third kappa shape index (κ3) is 2.46. The van der Waals surface area contributed by atoms with E-state index in [1.165, 1.54) is 6.42 Å². The van der Waals surface area contributed by atoms with Gasteiger partial charge in [-0.2, -0.15) is 0 Å². The smallest absolute Gasteiger partial charge is 0.0275 e. The van der Waals surface area contributed by atoms with Crippen molar-refractivity contribution in [3.8, 4) is 0 Å². The maximum atomic E-state index is 6.16. The van der Waals surface area contributed by atoms with E-state index in [1.54, 1.807) is 0 Å². The molecule has 2 unspecified atom stereocenters. The molecule has 0 aromatic rings. The Morgan fingerprint density at radius 2 is 1.92 bits per heavy atom. The van der Waals surface area contributed by atoms with E-state index >= 15 is 0 Å². The number of nitrogens with one attached hydrogen (secondary N) is 1. The van der Waals surface area contributed by atoms with Crippen LogP contribution in [0.3, 0.4) is 0 Å². The summed E-state index contributed by atoms with van der Waals surface area (Å²) in [5, 5.41) is 3.52. The van der Waals surface area contributed by atoms with Crippen molar-refractivity contribution in [1.82, 2.24) is 5.32 Å². The minimum absolute atomic E-state index is 0.0301. The zero-order chi connectivity index (χ0) is 9.19. The summed E-state index contributed by atoms with van der Waals surface area (Å²) in [6, 6.07) is 0.756. The first kappa shape index (κ1) is 10.0. The quantitative estimate of drug-likeness (QED) is 0.656. The molecule has 72 valence electrons. The van der Waals surface area contributed by atoms with Crippen molar-refractivity contribution < 1.29 is 0 Å². The zero-order valence-electron chi connectivity index (χ0n) is 8.56. The number of hydrogen-bond acceptors (Lipinski definition) is 2. The van der Waals surface area contributed by atoms with Crippen molar-refractivity contribution in [2.75, 3.05) is 6.54 Å². The Bertz CT molecular complexity index is 141. The maximum Gasteiger partial charge on any atom is 0.0275 e. The fourth-order valence-corrected chi connectivity index (χ4v) is 1.44. The van der Waals surface area contributed by atoms with Crippen LogP contribution in [0.4, 0.5) is 0 Å². The summed E-state index contributed by atoms with van der Waals surface area (Å²) < 4.78 is 0. The molecule has 0 saturated heterocycles. The van der Waals surface area contributed by atoms with E-state index in [0.29, 0.717) is 0 Å². The van der Waals surface area contributed by atoms with Crippen LogP contribution in [0.2, 0.25) is 0 Å². The third-order valence-electron chi connectivity index (χ3n) is 3.23. The van der Waals surface area contributed by atoms with Crippen LogP contribution in [0.25, 0.3) is 0 Å². The molecule has 0 aliphatic heterocycles. The molecular formula is C10H22N2. The second kappa shape index (κ2) is 3.75. The van der Waals surface area contributed by atoms with E-state index in [2.05, 4.69) is 26.1 Å². The summed E-state index contributed by atoms with van der Waals surface area (Å²) in [6.07, 6.45) is 3.47. The lowest BCUT2D eigenvalue weighted by Gasteiger charge is -2.27. The highest BCUT2D eigenvalue weighted by Crippen LogP contribution is 2.29. The highest BCUT2D eigenvalue weighted by molar-refractivity contribution is 4.93. The van der Waals surface area contributed by atoms with Gasteiger partial charge in [0.15, 0.2) is 0 Å². The molecular weight excluding hydrogens is 148 g/mol. The Balaban J connectivity index is 2.19. The molecule has 2 atom stereocenters. The van der Waals surface area contributed by atoms with Crippen molar-refractivity contribution in [2.24, 2.45) is 11.7 Å². The summed E-state index contributed by atoms with van der Waals surface area (Å²) in [7, 11) is 0. The molecule has 0 bridgehead atoms. The van der Waals surface area contributed by atoms with Gasteiger partial charge >= 0.3 is 0 Å². The van der Waals surface area contributed by atoms with Crippen molar-refractivity contribution in [1.29, 1.82) is 0 Å². The lowest BCUT2D eigenvalue weighted by atomic mass is 9.94. The van der Waals surface area contributed by atoms with Crippen molar-refractivity contribution in [2.45, 2.75) is 51.6 Å². The standard InChI is InChI=1S/C10H22N2/c1-4-10(11,5-2)7-12-9-6-8(9)3/h8-9,12H,4-7,11H2,1-3H3. The van der Waals surface area contributed by atoms with Crippen LogP contribution in [0, 0.1) is 5.92 Å². The predicted octanol–water partition coefficient (Wildman–Crippen LogP) is 1.50. The molecule has 1 aliphatic carbocycles. The number of nitrogens with two attached hydrogens (primary N) is 1. The molecule has 0 aromatic heterocycles. The van der Waals surface area contributed by atoms with E-state index in [-0.39, 0.29) is 5.54 Å². The van der Waals surface area contributed by atoms with Crippen molar-refractivity contribution >= 4 is 0 Å². The first-order chi connectivity index (χ1) is 5.61. The summed E-state index contributed by atoms with van der Waals surface area (Å²) in [6.45, 7) is 7.60. The van der Waals surface area contributed by atoms with Crippen LogP contribution >= 0.6 is 0 Å². The fraction of sp³-hybridized carbons (Fsp3) is 1.00. The highest BCUT2D eigenvalue weighted by Gasteiger charge is 2.33. The molecule has 2 heteroatoms. The Kier molecular flexibility index (Phi) is 3.13. The molecule has 0 aromatic carbocycles. The second-order valence-electron chi connectivity index (χ2n) is 4.27. The Morgan fingerprint density at radius 3 is 2.25 bits per heavy atom. The molecule has 1 saturated carbocycles. The monoisotopic (exact) mass is 170 g/mol. The van der Waals surface area contributed by atoms with Gasteiger partial charge in [-0.15, -0.1) is 0 Å². The normalized spacial score (nSPS) is 29.0. The molecule has 1 fully saturated rings. The van der Waals surface area contributed by atoms with Crippen LogP contribution in [-0.4, -0.2) is 18.1 Å². The first-order valence-corrected chi connectivity index (χ1v) is 5.13. The minimum atomic E-state index is 0.0301. The number of rotatable bonds is 5. The molecule has 12 heavy (non-hydrogen) atoms. The topological polar surface area (TPSA) is 38.0 Å². The second-order valence-corrected chi connectivity index (χ2v) is 4.27. The summed E-state index contributed by atoms with van der Waals surface area (Å²) in [4.78, 5) is 0. The highest BCUT2D eigenvalue weighted by atomic mass is 15.0. The molecule has 3 N–H and O–H groups in total. The molecule has 0 radical (unpaired) electrons. The van der Waals surface area contributed by atoms with Gasteiger partial charge in [-0.05, 0) is 25.2 Å². The van der Waals surface area contributed by atoms with Crippen LogP contribution < -0.4 is 11.1 Å². The van der Waals surface area contributed by atoms with Crippen LogP contribution in [0.1, 0.15) is 40.0 Å². The minimum Gasteiger partial charge on any atom is -0.324 e. The predicted molar refractivity (Wildman–Crippen MR) is 53.1 cm³/mol. The van der Waals surface area contributed by atoms with Gasteiger partial charge in [0.05, 0.1) is 0 Å². The van der Waals surface area contributed by atoms with Gasteiger partial charge in [-0.1, -0.05) is 20.8 Å². The van der Waals surface area contributed by atoms with Gasteiger partial charge in [0.25, 0.3) is 0 Å². The Morgan fingerprint density at radius 1 is 1.42 bits per heavy atom. The summed E-state index contributed by atoms with van der Waals surface area (Å²) >= 11 is 0. The average Bonchev–Trinajstić information content (AvgIpc) is 2.78. The maximum absolute atomic E-state index is 6.16. The molecule has 1 rings (SSSR count). The zero-order valence-corrected chi connectivity index (χ0v) is 8.56. The lowest BCUT2D eigenvalue weighted by molar-refractivity contribution is 0.366. The molecule has 0 amide bonds. The van der Waals surface area contributed by atoms with E-state index in [4.69, 9.17) is 5.73 Å². The number of hydrogen-bond donors (Lipinski definition) is 2.